The summed E-state index contributed by atoms with van der Waals surface area (Å²) in [4.78, 5) is 9.70. The van der Waals surface area contributed by atoms with Crippen LogP contribution in [0.5, 0.6) is 11.5 Å². The Balaban J connectivity index is 1.62. The Bertz CT molecular complexity index is 766. The van der Waals surface area contributed by atoms with Crippen LogP contribution in [0.25, 0.3) is 5.70 Å². The van der Waals surface area contributed by atoms with Crippen molar-refractivity contribution in [2.45, 2.75) is 44.3 Å². The molecule has 2 heterocycles. The Morgan fingerprint density at radius 1 is 1.24 bits per heavy atom. The molecule has 1 saturated carbocycles. The van der Waals surface area contributed by atoms with Gasteiger partial charge in [0.25, 0.3) is 0 Å². The minimum absolute atomic E-state index is 0.269. The first kappa shape index (κ1) is 16.0. The molecule has 1 aliphatic carbocycles. The molecule has 132 valence electrons. The molecule has 0 radical (unpaired) electrons. The lowest BCUT2D eigenvalue weighted by Crippen LogP contribution is -2.22. The van der Waals surface area contributed by atoms with E-state index in [-0.39, 0.29) is 6.10 Å². The Hall–Kier alpha value is -2.47. The van der Waals surface area contributed by atoms with Gasteiger partial charge in [0.1, 0.15) is 0 Å². The average Bonchev–Trinajstić information content (AvgIpc) is 3.37. The second-order valence-corrected chi connectivity index (χ2v) is 6.62. The molecule has 25 heavy (non-hydrogen) atoms. The fourth-order valence-electron chi connectivity index (χ4n) is 3.34. The zero-order valence-corrected chi connectivity index (χ0v) is 14.5. The van der Waals surface area contributed by atoms with Crippen molar-refractivity contribution in [2.75, 3.05) is 7.11 Å². The van der Waals surface area contributed by atoms with Crippen molar-refractivity contribution in [1.29, 1.82) is 0 Å². The van der Waals surface area contributed by atoms with Crippen LogP contribution in [0.3, 0.4) is 0 Å². The lowest BCUT2D eigenvalue weighted by molar-refractivity contribution is -0.0382. The van der Waals surface area contributed by atoms with Crippen LogP contribution in [0.15, 0.2) is 41.3 Å². The predicted octanol–water partition coefficient (Wildman–Crippen LogP) is 3.80. The van der Waals surface area contributed by atoms with Crippen molar-refractivity contribution in [1.82, 2.24) is 10.5 Å². The van der Waals surface area contributed by atoms with Crippen LogP contribution in [0.4, 0.5) is 0 Å². The fraction of sp³-hybridized carbons (Fsp3) is 0.421. The topological polar surface area (TPSA) is 65.8 Å². The van der Waals surface area contributed by atoms with E-state index in [2.05, 4.69) is 10.5 Å². The van der Waals surface area contributed by atoms with Gasteiger partial charge in [0.15, 0.2) is 29.3 Å². The molecule has 0 amide bonds. The maximum atomic E-state index is 6.17. The SMILES string of the molecule is COc1ccc(C2=CC(C)(c3cnco3)ON2)cc1OC1CCCC1. The molecule has 0 spiro atoms. The highest BCUT2D eigenvalue weighted by molar-refractivity contribution is 5.68. The van der Waals surface area contributed by atoms with Crippen LogP contribution >= 0.6 is 0 Å². The number of hydrogen-bond acceptors (Lipinski definition) is 6. The monoisotopic (exact) mass is 342 g/mol. The fourth-order valence-corrected chi connectivity index (χ4v) is 3.34. The lowest BCUT2D eigenvalue weighted by Gasteiger charge is -2.17. The molecule has 1 aromatic carbocycles. The second kappa shape index (κ2) is 6.44. The second-order valence-electron chi connectivity index (χ2n) is 6.62. The van der Waals surface area contributed by atoms with Crippen molar-refractivity contribution < 1.29 is 18.7 Å². The summed E-state index contributed by atoms with van der Waals surface area (Å²) in [7, 11) is 1.66. The molecule has 0 saturated heterocycles. The number of rotatable bonds is 5. The van der Waals surface area contributed by atoms with E-state index in [1.165, 1.54) is 19.2 Å². The molecular weight excluding hydrogens is 320 g/mol. The average molecular weight is 342 g/mol. The first-order chi connectivity index (χ1) is 12.2. The first-order valence-electron chi connectivity index (χ1n) is 8.59. The van der Waals surface area contributed by atoms with E-state index in [0.717, 1.165) is 35.6 Å². The van der Waals surface area contributed by atoms with E-state index in [1.807, 2.05) is 31.2 Å². The van der Waals surface area contributed by atoms with Crippen LogP contribution in [0, 0.1) is 0 Å². The highest BCUT2D eigenvalue weighted by Crippen LogP contribution is 2.38. The van der Waals surface area contributed by atoms with E-state index < -0.39 is 5.60 Å². The molecule has 1 fully saturated rings. The number of aromatic nitrogens is 1. The van der Waals surface area contributed by atoms with E-state index in [4.69, 9.17) is 18.7 Å². The molecule has 6 nitrogen and oxygen atoms in total. The van der Waals surface area contributed by atoms with Crippen molar-refractivity contribution in [2.24, 2.45) is 0 Å². The summed E-state index contributed by atoms with van der Waals surface area (Å²) in [5.74, 6) is 2.15. The summed E-state index contributed by atoms with van der Waals surface area (Å²) in [6, 6.07) is 5.90. The summed E-state index contributed by atoms with van der Waals surface area (Å²) in [6.45, 7) is 1.92. The maximum absolute atomic E-state index is 6.17. The number of hydroxylamine groups is 1. The van der Waals surface area contributed by atoms with Gasteiger partial charge in [-0.25, -0.2) is 4.98 Å². The molecular formula is C19H22N2O4. The van der Waals surface area contributed by atoms with Gasteiger partial charge in [-0.1, -0.05) is 0 Å². The van der Waals surface area contributed by atoms with E-state index in [0.29, 0.717) is 5.76 Å². The number of ether oxygens (including phenoxy) is 2. The number of benzene rings is 1. The van der Waals surface area contributed by atoms with E-state index in [1.54, 1.807) is 13.3 Å². The Morgan fingerprint density at radius 3 is 2.80 bits per heavy atom. The van der Waals surface area contributed by atoms with Gasteiger partial charge in [-0.05, 0) is 56.9 Å². The van der Waals surface area contributed by atoms with Crippen molar-refractivity contribution in [3.63, 3.8) is 0 Å². The van der Waals surface area contributed by atoms with Crippen LogP contribution in [0.2, 0.25) is 0 Å². The summed E-state index contributed by atoms with van der Waals surface area (Å²) >= 11 is 0. The zero-order chi connectivity index (χ0) is 17.3. The Labute approximate surface area is 146 Å². The van der Waals surface area contributed by atoms with Crippen molar-refractivity contribution in [3.05, 3.63) is 48.2 Å². The van der Waals surface area contributed by atoms with Gasteiger partial charge in [0, 0.05) is 5.56 Å². The van der Waals surface area contributed by atoms with Crippen LogP contribution in [-0.2, 0) is 10.4 Å². The molecule has 6 heteroatoms. The zero-order valence-electron chi connectivity index (χ0n) is 14.5. The van der Waals surface area contributed by atoms with Crippen molar-refractivity contribution >= 4 is 5.70 Å². The summed E-state index contributed by atoms with van der Waals surface area (Å²) < 4.78 is 17.0. The van der Waals surface area contributed by atoms with E-state index >= 15 is 0 Å². The lowest BCUT2D eigenvalue weighted by atomic mass is 10.0. The standard InChI is InChI=1S/C19H22N2O4/c1-19(18-11-20-12-23-18)10-15(21-25-19)13-7-8-16(22-2)17(9-13)24-14-5-3-4-6-14/h7-12,14,21H,3-6H2,1-2H3. The van der Waals surface area contributed by atoms with Crippen molar-refractivity contribution in [3.8, 4) is 11.5 Å². The molecule has 1 unspecified atom stereocenters. The third-order valence-electron chi connectivity index (χ3n) is 4.78. The number of nitrogens with one attached hydrogen (secondary N) is 1. The van der Waals surface area contributed by atoms with Gasteiger partial charge in [-0.2, -0.15) is 0 Å². The number of oxazole rings is 1. The van der Waals surface area contributed by atoms with Crippen LogP contribution < -0.4 is 15.0 Å². The number of methoxy groups -OCH3 is 1. The number of nitrogens with zero attached hydrogens (tertiary/aromatic N) is 1. The Kier molecular flexibility index (Phi) is 4.13. The van der Waals surface area contributed by atoms with Crippen LogP contribution in [-0.4, -0.2) is 18.2 Å². The van der Waals surface area contributed by atoms with Gasteiger partial charge in [0.2, 0.25) is 0 Å². The Morgan fingerprint density at radius 2 is 2.08 bits per heavy atom. The molecule has 1 N–H and O–H groups in total. The smallest absolute Gasteiger partial charge is 0.181 e. The summed E-state index contributed by atoms with van der Waals surface area (Å²) in [5.41, 5.74) is 4.12. The minimum atomic E-state index is -0.696. The van der Waals surface area contributed by atoms with Gasteiger partial charge < -0.3 is 13.9 Å². The third kappa shape index (κ3) is 3.09. The predicted molar refractivity (Wildman–Crippen MR) is 91.9 cm³/mol. The quantitative estimate of drug-likeness (QED) is 0.892. The molecule has 4 rings (SSSR count). The number of hydrogen-bond donors (Lipinski definition) is 1. The third-order valence-corrected chi connectivity index (χ3v) is 4.78. The molecule has 1 atom stereocenters. The maximum Gasteiger partial charge on any atom is 0.181 e. The summed E-state index contributed by atoms with van der Waals surface area (Å²) in [6.07, 6.45) is 9.95. The molecule has 2 aromatic rings. The molecule has 1 aromatic heterocycles. The highest BCUT2D eigenvalue weighted by atomic mass is 16.7. The normalized spacial score (nSPS) is 23.4. The van der Waals surface area contributed by atoms with Crippen LogP contribution in [0.1, 0.15) is 43.9 Å². The highest BCUT2D eigenvalue weighted by Gasteiger charge is 2.35. The van der Waals surface area contributed by atoms with Gasteiger partial charge in [0.05, 0.1) is 25.1 Å². The minimum Gasteiger partial charge on any atom is -0.493 e. The van der Waals surface area contributed by atoms with Gasteiger partial charge in [-0.15, -0.1) is 0 Å². The summed E-state index contributed by atoms with van der Waals surface area (Å²) in [5, 5.41) is 0. The van der Waals surface area contributed by atoms with Gasteiger partial charge in [-0.3, -0.25) is 10.3 Å². The molecule has 0 bridgehead atoms. The molecule has 1 aliphatic heterocycles. The first-order valence-corrected chi connectivity index (χ1v) is 8.59. The molecule has 2 aliphatic rings. The van der Waals surface area contributed by atoms with E-state index in [9.17, 15) is 0 Å². The largest absolute Gasteiger partial charge is 0.493 e. The van der Waals surface area contributed by atoms with Gasteiger partial charge >= 0.3 is 0 Å².